The largest absolute Gasteiger partial charge is 0.317 e. The van der Waals surface area contributed by atoms with E-state index in [-0.39, 0.29) is 0 Å². The maximum atomic E-state index is 3.81. The van der Waals surface area contributed by atoms with Gasteiger partial charge in [-0.15, -0.1) is 0 Å². The predicted octanol–water partition coefficient (Wildman–Crippen LogP) is 3.53. The van der Waals surface area contributed by atoms with Crippen molar-refractivity contribution in [3.05, 3.63) is 6.92 Å². The molecule has 0 aromatic heterocycles. The minimum absolute atomic E-state index is 1.00. The minimum Gasteiger partial charge on any atom is -0.317 e. The molecule has 0 saturated carbocycles. The van der Waals surface area contributed by atoms with Gasteiger partial charge in [0.25, 0.3) is 0 Å². The zero-order valence-corrected chi connectivity index (χ0v) is 11.9. The molecule has 0 heterocycles. The van der Waals surface area contributed by atoms with Crippen LogP contribution in [0, 0.1) is 6.92 Å². The van der Waals surface area contributed by atoms with Crippen LogP contribution in [-0.2, 0) is 0 Å². The maximum Gasteiger partial charge on any atom is -0.00489 e. The van der Waals surface area contributed by atoms with E-state index in [1.807, 2.05) is 0 Å². The van der Waals surface area contributed by atoms with Gasteiger partial charge < -0.3 is 10.6 Å². The fourth-order valence-corrected chi connectivity index (χ4v) is 1.91. The second-order valence-electron chi connectivity index (χ2n) is 4.83. The van der Waals surface area contributed by atoms with Gasteiger partial charge in [-0.1, -0.05) is 46.0 Å². The van der Waals surface area contributed by atoms with Crippen molar-refractivity contribution in [2.24, 2.45) is 0 Å². The molecule has 0 fully saturated rings. The standard InChI is InChI=1S/C15H33N2/c1-3-5-6-9-14-17-15-11-8-7-10-13-16-12-4-2/h16-17H,2-15H2,1H3. The Morgan fingerprint density at radius 1 is 0.647 bits per heavy atom. The smallest absolute Gasteiger partial charge is 0.00489 e. The van der Waals surface area contributed by atoms with Crippen LogP contribution >= 0.6 is 0 Å². The van der Waals surface area contributed by atoms with E-state index >= 15 is 0 Å². The lowest BCUT2D eigenvalue weighted by Gasteiger charge is -2.05. The van der Waals surface area contributed by atoms with E-state index in [1.54, 1.807) is 0 Å². The molecular weight excluding hydrogens is 208 g/mol. The van der Waals surface area contributed by atoms with Gasteiger partial charge in [0.05, 0.1) is 0 Å². The average Bonchev–Trinajstić information content (AvgIpc) is 2.35. The van der Waals surface area contributed by atoms with Crippen molar-refractivity contribution in [2.45, 2.75) is 64.7 Å². The van der Waals surface area contributed by atoms with Crippen LogP contribution in [0.4, 0.5) is 0 Å². The van der Waals surface area contributed by atoms with Crippen LogP contribution in [0.2, 0.25) is 0 Å². The summed E-state index contributed by atoms with van der Waals surface area (Å²) in [7, 11) is 0. The third-order valence-corrected chi connectivity index (χ3v) is 3.02. The fraction of sp³-hybridized carbons (Fsp3) is 0.933. The van der Waals surface area contributed by atoms with E-state index in [9.17, 15) is 0 Å². The first-order chi connectivity index (χ1) is 8.41. The van der Waals surface area contributed by atoms with Gasteiger partial charge >= 0.3 is 0 Å². The summed E-state index contributed by atoms with van der Waals surface area (Å²) >= 11 is 0. The summed E-state index contributed by atoms with van der Waals surface area (Å²) in [6.45, 7) is 10.7. The Hall–Kier alpha value is -0.0800. The Labute approximate surface area is 109 Å². The summed E-state index contributed by atoms with van der Waals surface area (Å²) in [5.74, 6) is 0. The van der Waals surface area contributed by atoms with Crippen LogP contribution < -0.4 is 10.6 Å². The first-order valence-corrected chi connectivity index (χ1v) is 7.62. The molecule has 0 bridgehead atoms. The summed E-state index contributed by atoms with van der Waals surface area (Å²) in [6, 6.07) is 0. The van der Waals surface area contributed by atoms with Crippen LogP contribution in [0.15, 0.2) is 0 Å². The highest BCUT2D eigenvalue weighted by Gasteiger charge is 1.91. The molecule has 0 unspecified atom stereocenters. The van der Waals surface area contributed by atoms with Crippen LogP contribution in [0.5, 0.6) is 0 Å². The molecule has 103 valence electrons. The Bertz CT molecular complexity index is 112. The van der Waals surface area contributed by atoms with Crippen molar-refractivity contribution in [3.8, 4) is 0 Å². The van der Waals surface area contributed by atoms with Gasteiger partial charge in [-0.3, -0.25) is 0 Å². The van der Waals surface area contributed by atoms with Crippen LogP contribution in [0.1, 0.15) is 64.7 Å². The normalized spacial score (nSPS) is 10.9. The van der Waals surface area contributed by atoms with Gasteiger partial charge in [0.2, 0.25) is 0 Å². The van der Waals surface area contributed by atoms with Crippen LogP contribution in [-0.4, -0.2) is 26.2 Å². The van der Waals surface area contributed by atoms with Crippen molar-refractivity contribution in [1.82, 2.24) is 10.6 Å². The Morgan fingerprint density at radius 2 is 1.12 bits per heavy atom. The van der Waals surface area contributed by atoms with Crippen LogP contribution in [0.25, 0.3) is 0 Å². The van der Waals surface area contributed by atoms with E-state index in [0.717, 1.165) is 13.0 Å². The Balaban J connectivity index is 2.85. The van der Waals surface area contributed by atoms with Gasteiger partial charge in [-0.25, -0.2) is 0 Å². The summed E-state index contributed by atoms with van der Waals surface area (Å²) < 4.78 is 0. The third-order valence-electron chi connectivity index (χ3n) is 3.02. The molecule has 17 heavy (non-hydrogen) atoms. The Kier molecular flexibility index (Phi) is 15.8. The average molecular weight is 241 g/mol. The lowest BCUT2D eigenvalue weighted by atomic mass is 10.2. The van der Waals surface area contributed by atoms with Crippen LogP contribution in [0.3, 0.4) is 0 Å². The van der Waals surface area contributed by atoms with E-state index in [1.165, 1.54) is 71.0 Å². The third kappa shape index (κ3) is 15.9. The van der Waals surface area contributed by atoms with Crippen molar-refractivity contribution in [3.63, 3.8) is 0 Å². The van der Waals surface area contributed by atoms with Crippen molar-refractivity contribution in [2.75, 3.05) is 26.2 Å². The van der Waals surface area contributed by atoms with Gasteiger partial charge in [-0.2, -0.15) is 0 Å². The number of nitrogens with one attached hydrogen (secondary N) is 2. The molecule has 0 aromatic carbocycles. The molecule has 0 aliphatic heterocycles. The molecule has 0 amide bonds. The molecule has 2 N–H and O–H groups in total. The number of hydrogen-bond donors (Lipinski definition) is 2. The highest BCUT2D eigenvalue weighted by molar-refractivity contribution is 4.53. The molecule has 0 rings (SSSR count). The molecule has 0 aliphatic carbocycles. The molecule has 0 aromatic rings. The molecular formula is C15H33N2. The summed E-state index contributed by atoms with van der Waals surface area (Å²) in [6.07, 6.45) is 11.9. The molecule has 0 atom stereocenters. The van der Waals surface area contributed by atoms with Gasteiger partial charge in [-0.05, 0) is 51.9 Å². The highest BCUT2D eigenvalue weighted by Crippen LogP contribution is 1.99. The van der Waals surface area contributed by atoms with E-state index in [0.29, 0.717) is 0 Å². The predicted molar refractivity (Wildman–Crippen MR) is 78.3 cm³/mol. The monoisotopic (exact) mass is 241 g/mol. The van der Waals surface area contributed by atoms with E-state index < -0.39 is 0 Å². The SMILES string of the molecule is [CH2]CCNCCCCCCNCCCCCC. The fourth-order valence-electron chi connectivity index (χ4n) is 1.91. The zero-order chi connectivity index (χ0) is 12.6. The maximum absolute atomic E-state index is 3.81. The molecule has 0 spiro atoms. The molecule has 2 nitrogen and oxygen atoms in total. The zero-order valence-electron chi connectivity index (χ0n) is 11.9. The first kappa shape index (κ1) is 16.9. The van der Waals surface area contributed by atoms with E-state index in [2.05, 4.69) is 24.5 Å². The molecule has 2 heteroatoms. The number of rotatable bonds is 14. The first-order valence-electron chi connectivity index (χ1n) is 7.62. The van der Waals surface area contributed by atoms with Gasteiger partial charge in [0.1, 0.15) is 0 Å². The topological polar surface area (TPSA) is 24.1 Å². The summed E-state index contributed by atoms with van der Waals surface area (Å²) in [5, 5.41) is 6.92. The van der Waals surface area contributed by atoms with Crippen molar-refractivity contribution in [1.29, 1.82) is 0 Å². The number of unbranched alkanes of at least 4 members (excludes halogenated alkanes) is 6. The quantitative estimate of drug-likeness (QED) is 0.455. The lowest BCUT2D eigenvalue weighted by Crippen LogP contribution is -2.17. The van der Waals surface area contributed by atoms with Gasteiger partial charge in [0.15, 0.2) is 0 Å². The second-order valence-corrected chi connectivity index (χ2v) is 4.83. The van der Waals surface area contributed by atoms with E-state index in [4.69, 9.17) is 0 Å². The molecule has 1 radical (unpaired) electrons. The molecule has 0 saturated heterocycles. The Morgan fingerprint density at radius 3 is 1.59 bits per heavy atom. The van der Waals surface area contributed by atoms with Crippen molar-refractivity contribution >= 4 is 0 Å². The summed E-state index contributed by atoms with van der Waals surface area (Å²) in [5.41, 5.74) is 0. The lowest BCUT2D eigenvalue weighted by molar-refractivity contribution is 0.548. The number of hydrogen-bond acceptors (Lipinski definition) is 2. The van der Waals surface area contributed by atoms with Crippen molar-refractivity contribution < 1.29 is 0 Å². The minimum atomic E-state index is 1.00. The summed E-state index contributed by atoms with van der Waals surface area (Å²) in [4.78, 5) is 0. The van der Waals surface area contributed by atoms with Gasteiger partial charge in [0, 0.05) is 0 Å². The highest BCUT2D eigenvalue weighted by atomic mass is 14.8. The second kappa shape index (κ2) is 15.9. The molecule has 0 aliphatic rings.